The highest BCUT2D eigenvalue weighted by molar-refractivity contribution is 8.01. The third-order valence-corrected chi connectivity index (χ3v) is 8.73. The molecule has 3 amide bonds. The van der Waals surface area contributed by atoms with Gasteiger partial charge in [-0.3, -0.25) is 19.8 Å². The van der Waals surface area contributed by atoms with Crippen molar-refractivity contribution in [1.29, 1.82) is 0 Å². The number of rotatable bonds is 12. The Morgan fingerprint density at radius 3 is 2.63 bits per heavy atom. The maximum atomic E-state index is 13.8. The number of carbonyl (C=O) groups is 4. The van der Waals surface area contributed by atoms with Gasteiger partial charge in [0.2, 0.25) is 5.91 Å². The molecule has 0 aliphatic carbocycles. The molecule has 0 radical (unpaired) electrons. The summed E-state index contributed by atoms with van der Waals surface area (Å²) >= 11 is 8.16. The topological polar surface area (TPSA) is 158 Å². The third-order valence-electron chi connectivity index (χ3n) is 6.26. The molecule has 1 saturated heterocycles. The van der Waals surface area contributed by atoms with Gasteiger partial charge in [0.1, 0.15) is 29.9 Å². The van der Waals surface area contributed by atoms with Crippen LogP contribution in [0.15, 0.2) is 58.2 Å². The number of anilines is 1. The number of carbonyl (C=O) groups excluding carboxylic acids is 4. The first-order valence-corrected chi connectivity index (χ1v) is 16.0. The van der Waals surface area contributed by atoms with Gasteiger partial charge in [0.25, 0.3) is 12.8 Å². The predicted molar refractivity (Wildman–Crippen MR) is 170 cm³/mol. The number of alkyl halides is 2. The molecule has 13 nitrogen and oxygen atoms in total. The van der Waals surface area contributed by atoms with Crippen LogP contribution in [0.25, 0.3) is 0 Å². The molecule has 0 bridgehead atoms. The van der Waals surface area contributed by atoms with Crippen LogP contribution in [-0.2, 0) is 40.2 Å². The normalized spacial score (nSPS) is 19.5. The van der Waals surface area contributed by atoms with Crippen LogP contribution in [0, 0.1) is 0 Å². The number of hydrogen-bond donors (Lipinski definition) is 2. The second-order valence-electron chi connectivity index (χ2n) is 10.6. The van der Waals surface area contributed by atoms with Crippen molar-refractivity contribution in [2.75, 3.05) is 25.2 Å². The van der Waals surface area contributed by atoms with Crippen LogP contribution in [0.4, 0.5) is 14.3 Å². The van der Waals surface area contributed by atoms with E-state index >= 15 is 0 Å². The molecule has 3 heterocycles. The number of allylic oxidation sites excluding steroid dienone is 1. The maximum absolute atomic E-state index is 13.8. The van der Waals surface area contributed by atoms with Crippen LogP contribution >= 0.6 is 34.7 Å². The lowest BCUT2D eigenvalue weighted by atomic mass is 9.96. The van der Waals surface area contributed by atoms with Crippen molar-refractivity contribution < 1.29 is 42.6 Å². The Labute approximate surface area is 277 Å². The van der Waals surface area contributed by atoms with E-state index < -0.39 is 40.7 Å². The van der Waals surface area contributed by atoms with E-state index in [9.17, 15) is 23.6 Å². The number of fused-ring (bicyclic) bond motifs is 1. The van der Waals surface area contributed by atoms with Crippen molar-refractivity contribution in [2.24, 2.45) is 5.16 Å². The number of methoxy groups -OCH3 is 1. The number of hydrogen-bond acceptors (Lipinski definition) is 12. The van der Waals surface area contributed by atoms with Gasteiger partial charge in [-0.05, 0) is 38.5 Å². The van der Waals surface area contributed by atoms with Gasteiger partial charge in [-0.2, -0.15) is 0 Å². The van der Waals surface area contributed by atoms with E-state index in [1.807, 2.05) is 0 Å². The van der Waals surface area contributed by atoms with Crippen LogP contribution in [0.5, 0.6) is 5.75 Å². The lowest BCUT2D eigenvalue weighted by Crippen LogP contribution is -2.60. The molecule has 1 aromatic heterocycles. The molecule has 1 unspecified atom stereocenters. The van der Waals surface area contributed by atoms with Crippen LogP contribution in [0.1, 0.15) is 38.4 Å². The van der Waals surface area contributed by atoms with E-state index in [0.717, 1.165) is 29.3 Å². The molecule has 2 aliphatic heterocycles. The average Bonchev–Trinajstić information content (AvgIpc) is 3.46. The number of esters is 1. The maximum Gasteiger partial charge on any atom is 0.413 e. The molecule has 0 spiro atoms. The van der Waals surface area contributed by atoms with E-state index in [1.54, 1.807) is 50.4 Å². The summed E-state index contributed by atoms with van der Waals surface area (Å²) in [7, 11) is 1.53. The fourth-order valence-electron chi connectivity index (χ4n) is 4.38. The van der Waals surface area contributed by atoms with E-state index in [-0.39, 0.29) is 46.9 Å². The van der Waals surface area contributed by atoms with Gasteiger partial charge in [-0.25, -0.2) is 19.0 Å². The number of nitrogens with one attached hydrogen (secondary N) is 2. The van der Waals surface area contributed by atoms with Gasteiger partial charge in [0.05, 0.1) is 24.6 Å². The summed E-state index contributed by atoms with van der Waals surface area (Å²) in [6.45, 7) is 3.73. The number of oxime groups is 1. The molecular weight excluding hydrogens is 665 g/mol. The van der Waals surface area contributed by atoms with Crippen molar-refractivity contribution in [2.45, 2.75) is 49.6 Å². The average molecular weight is 696 g/mol. The van der Waals surface area contributed by atoms with Crippen LogP contribution in [0.2, 0.25) is 0 Å². The summed E-state index contributed by atoms with van der Waals surface area (Å²) in [4.78, 5) is 60.9. The Hall–Kier alpha value is -4.15. The monoisotopic (exact) mass is 695 g/mol. The molecule has 46 heavy (non-hydrogen) atoms. The summed E-state index contributed by atoms with van der Waals surface area (Å²) in [5.41, 5.74) is 0.0512. The van der Waals surface area contributed by atoms with Gasteiger partial charge in [-0.15, -0.1) is 22.9 Å². The highest BCUT2D eigenvalue weighted by Gasteiger charge is 2.56. The smallest absolute Gasteiger partial charge is 0.413 e. The Bertz CT molecular complexity index is 1560. The second kappa shape index (κ2) is 15.0. The second-order valence-corrected chi connectivity index (χ2v) is 13.2. The first-order chi connectivity index (χ1) is 21.9. The minimum Gasteiger partial charge on any atom is -0.497 e. The minimum absolute atomic E-state index is 0.0120. The summed E-state index contributed by atoms with van der Waals surface area (Å²) in [5.74, 6) is -1.39. The first kappa shape index (κ1) is 34.7. The molecule has 2 atom stereocenters. The van der Waals surface area contributed by atoms with E-state index in [1.165, 1.54) is 24.2 Å². The zero-order chi connectivity index (χ0) is 33.5. The van der Waals surface area contributed by atoms with Gasteiger partial charge in [-0.1, -0.05) is 41.2 Å². The molecule has 246 valence electrons. The van der Waals surface area contributed by atoms with Gasteiger partial charge in [0.15, 0.2) is 10.0 Å². The number of benzene rings is 1. The van der Waals surface area contributed by atoms with E-state index in [0.29, 0.717) is 11.3 Å². The number of thiazole rings is 1. The molecule has 0 saturated carbocycles. The Kier molecular flexibility index (Phi) is 11.3. The molecule has 2 aliphatic rings. The third kappa shape index (κ3) is 8.16. The Morgan fingerprint density at radius 2 is 2.00 bits per heavy atom. The molecule has 17 heteroatoms. The fraction of sp³-hybridized carbons (Fsp3) is 0.379. The van der Waals surface area contributed by atoms with Gasteiger partial charge in [0, 0.05) is 16.8 Å². The number of thioether (sulfide) groups is 1. The minimum atomic E-state index is -1.65. The molecule has 2 aromatic rings. The number of β-lactam (4-membered cyclic amide) rings is 1. The first-order valence-electron chi connectivity index (χ1n) is 13.7. The number of halogens is 2. The van der Waals surface area contributed by atoms with Crippen molar-refractivity contribution in [3.05, 3.63) is 64.3 Å². The summed E-state index contributed by atoms with van der Waals surface area (Å²) in [6.07, 6.45) is 3.01. The lowest BCUT2D eigenvalue weighted by Gasteiger charge is -2.51. The number of nitrogens with zero attached hydrogens (tertiary/aromatic N) is 3. The lowest BCUT2D eigenvalue weighted by molar-refractivity contribution is -0.150. The highest BCUT2D eigenvalue weighted by Crippen LogP contribution is 2.54. The standard InChI is InChI=1S/C29H31ClFN5O8S2/c1-28(2,3)44-27(40)34-26-33-20(15-45-26)29(35-21(37)13-32-43-16-31)19(6-5-11-30)24(36-22(38)12-23(36)46-29)25(39)42-14-17-7-9-18(41-4)10-8-17/h5-10,13,15,23H,11-12,14,16H2,1-4H3,(H,35,37)(H,33,34,40)/b6-5-,32-13?/t23-,29?/m0/s1. The molecule has 4 rings (SSSR count). The van der Waals surface area contributed by atoms with Gasteiger partial charge >= 0.3 is 12.1 Å². The summed E-state index contributed by atoms with van der Waals surface area (Å²) in [6, 6.07) is 6.87. The van der Waals surface area contributed by atoms with E-state index in [2.05, 4.69) is 25.6 Å². The van der Waals surface area contributed by atoms with Crippen molar-refractivity contribution >= 4 is 69.9 Å². The van der Waals surface area contributed by atoms with E-state index in [4.69, 9.17) is 25.8 Å². The molecular formula is C29H31ClFN5O8S2. The Morgan fingerprint density at radius 1 is 1.26 bits per heavy atom. The van der Waals surface area contributed by atoms with Crippen molar-refractivity contribution in [3.8, 4) is 5.75 Å². The van der Waals surface area contributed by atoms with Crippen LogP contribution < -0.4 is 15.4 Å². The number of ether oxygens (including phenoxy) is 3. The summed E-state index contributed by atoms with van der Waals surface area (Å²) < 4.78 is 28.7. The summed E-state index contributed by atoms with van der Waals surface area (Å²) in [5, 5.41) is 9.75. The largest absolute Gasteiger partial charge is 0.497 e. The zero-order valence-electron chi connectivity index (χ0n) is 25.2. The SMILES string of the molecule is COc1ccc(COC(=O)C2=C(/C=C\CCl)C(NC(=O)C=NOCF)(c3csc(NC(=O)OC(C)(C)C)n3)S[C@H]3CC(=O)N23)cc1. The molecule has 1 fully saturated rings. The Balaban J connectivity index is 1.81. The van der Waals surface area contributed by atoms with Crippen LogP contribution in [0.3, 0.4) is 0 Å². The number of aromatic nitrogens is 1. The van der Waals surface area contributed by atoms with Crippen molar-refractivity contribution in [3.63, 3.8) is 0 Å². The quantitative estimate of drug-likeness (QED) is 0.104. The fourth-order valence-corrected chi connectivity index (χ4v) is 6.93. The molecule has 2 N–H and O–H groups in total. The van der Waals surface area contributed by atoms with Gasteiger partial charge < -0.3 is 24.4 Å². The van der Waals surface area contributed by atoms with Crippen molar-refractivity contribution in [1.82, 2.24) is 15.2 Å². The highest BCUT2D eigenvalue weighted by atomic mass is 35.5. The number of amides is 3. The zero-order valence-corrected chi connectivity index (χ0v) is 27.6. The molecule has 1 aromatic carbocycles. The predicted octanol–water partition coefficient (Wildman–Crippen LogP) is 4.79. The van der Waals surface area contributed by atoms with Crippen LogP contribution in [-0.4, -0.2) is 70.8 Å².